The molecular weight excluding hydrogens is 242 g/mol. The van der Waals surface area contributed by atoms with Gasteiger partial charge < -0.3 is 10.4 Å². The highest BCUT2D eigenvalue weighted by atomic mass is 16.3. The molecule has 1 amide bonds. The van der Waals surface area contributed by atoms with E-state index in [1.807, 2.05) is 6.92 Å². The Balaban J connectivity index is 2.06. The summed E-state index contributed by atoms with van der Waals surface area (Å²) in [4.78, 5) is 12.3. The van der Waals surface area contributed by atoms with E-state index in [0.29, 0.717) is 5.69 Å². The number of carbonyl (C=O) groups excluding carboxylic acids is 1. The van der Waals surface area contributed by atoms with Gasteiger partial charge in [-0.2, -0.15) is 5.10 Å². The fourth-order valence-corrected chi connectivity index (χ4v) is 2.86. The van der Waals surface area contributed by atoms with Crippen molar-refractivity contribution in [1.29, 1.82) is 0 Å². The van der Waals surface area contributed by atoms with E-state index in [2.05, 4.69) is 10.4 Å². The average Bonchev–Trinajstić information content (AvgIpc) is 2.60. The Bertz CT molecular complexity index is 442. The molecule has 0 spiro atoms. The molecule has 106 valence electrons. The molecule has 1 aromatic heterocycles. The number of aryl methyl sites for hydroxylation is 2. The Morgan fingerprint density at radius 3 is 2.84 bits per heavy atom. The second-order valence-corrected chi connectivity index (χ2v) is 5.46. The lowest BCUT2D eigenvalue weighted by Gasteiger charge is -2.24. The van der Waals surface area contributed by atoms with Crippen LogP contribution in [0.3, 0.4) is 0 Å². The first-order valence-corrected chi connectivity index (χ1v) is 7.04. The SMILES string of the molecule is Cc1cc(C(=O)NC2CCCCCC2CO)n(C)n1. The van der Waals surface area contributed by atoms with Crippen LogP contribution in [0.2, 0.25) is 0 Å². The molecular formula is C14H23N3O2. The number of nitrogens with one attached hydrogen (secondary N) is 1. The van der Waals surface area contributed by atoms with Gasteiger partial charge in [-0.05, 0) is 25.8 Å². The van der Waals surface area contributed by atoms with Crippen molar-refractivity contribution in [3.63, 3.8) is 0 Å². The summed E-state index contributed by atoms with van der Waals surface area (Å²) < 4.78 is 1.61. The highest BCUT2D eigenvalue weighted by Gasteiger charge is 2.25. The van der Waals surface area contributed by atoms with Crippen molar-refractivity contribution < 1.29 is 9.90 Å². The van der Waals surface area contributed by atoms with E-state index in [9.17, 15) is 9.90 Å². The molecule has 0 bridgehead atoms. The topological polar surface area (TPSA) is 67.2 Å². The predicted octanol–water partition coefficient (Wildman–Crippen LogP) is 1.40. The third-order valence-electron chi connectivity index (χ3n) is 3.94. The van der Waals surface area contributed by atoms with Gasteiger partial charge in [-0.25, -0.2) is 0 Å². The minimum atomic E-state index is -0.0894. The molecule has 0 radical (unpaired) electrons. The second-order valence-electron chi connectivity index (χ2n) is 5.46. The van der Waals surface area contributed by atoms with Crippen LogP contribution >= 0.6 is 0 Å². The molecule has 1 fully saturated rings. The fraction of sp³-hybridized carbons (Fsp3) is 0.714. The number of hydrogen-bond donors (Lipinski definition) is 2. The van der Waals surface area contributed by atoms with Crippen LogP contribution in [0.25, 0.3) is 0 Å². The molecule has 0 aliphatic heterocycles. The number of rotatable bonds is 3. The molecule has 1 aliphatic carbocycles. The quantitative estimate of drug-likeness (QED) is 0.812. The molecule has 0 aromatic carbocycles. The molecule has 19 heavy (non-hydrogen) atoms. The number of hydrogen-bond acceptors (Lipinski definition) is 3. The molecule has 0 saturated heterocycles. The Kier molecular flexibility index (Phi) is 4.58. The van der Waals surface area contributed by atoms with Crippen molar-refractivity contribution in [3.05, 3.63) is 17.5 Å². The molecule has 1 saturated carbocycles. The van der Waals surface area contributed by atoms with E-state index in [1.165, 1.54) is 6.42 Å². The van der Waals surface area contributed by atoms with Crippen LogP contribution in [0, 0.1) is 12.8 Å². The third kappa shape index (κ3) is 3.35. The van der Waals surface area contributed by atoms with Crippen LogP contribution in [0.1, 0.15) is 48.3 Å². The number of aliphatic hydroxyl groups is 1. The number of aliphatic hydroxyl groups excluding tert-OH is 1. The lowest BCUT2D eigenvalue weighted by Crippen LogP contribution is -2.41. The van der Waals surface area contributed by atoms with Crippen LogP contribution in [0.15, 0.2) is 6.07 Å². The second kappa shape index (κ2) is 6.19. The largest absolute Gasteiger partial charge is 0.396 e. The Hall–Kier alpha value is -1.36. The predicted molar refractivity (Wildman–Crippen MR) is 72.9 cm³/mol. The number of aromatic nitrogens is 2. The van der Waals surface area contributed by atoms with Crippen molar-refractivity contribution in [2.75, 3.05) is 6.61 Å². The van der Waals surface area contributed by atoms with Gasteiger partial charge in [0.2, 0.25) is 0 Å². The smallest absolute Gasteiger partial charge is 0.269 e. The van der Waals surface area contributed by atoms with Gasteiger partial charge in [-0.15, -0.1) is 0 Å². The van der Waals surface area contributed by atoms with Gasteiger partial charge in [-0.1, -0.05) is 19.3 Å². The Morgan fingerprint density at radius 1 is 1.47 bits per heavy atom. The van der Waals surface area contributed by atoms with E-state index in [4.69, 9.17) is 0 Å². The van der Waals surface area contributed by atoms with Crippen LogP contribution in [-0.2, 0) is 7.05 Å². The van der Waals surface area contributed by atoms with Crippen LogP contribution < -0.4 is 5.32 Å². The lowest BCUT2D eigenvalue weighted by molar-refractivity contribution is 0.0890. The van der Waals surface area contributed by atoms with Crippen molar-refractivity contribution in [1.82, 2.24) is 15.1 Å². The molecule has 5 nitrogen and oxygen atoms in total. The van der Waals surface area contributed by atoms with E-state index in [-0.39, 0.29) is 24.5 Å². The average molecular weight is 265 g/mol. The monoisotopic (exact) mass is 265 g/mol. The van der Waals surface area contributed by atoms with E-state index < -0.39 is 0 Å². The summed E-state index contributed by atoms with van der Waals surface area (Å²) in [7, 11) is 1.78. The molecule has 2 atom stereocenters. The van der Waals surface area contributed by atoms with Gasteiger partial charge in [0.15, 0.2) is 0 Å². The Labute approximate surface area is 114 Å². The van der Waals surface area contributed by atoms with Gasteiger partial charge in [0.1, 0.15) is 5.69 Å². The maximum absolute atomic E-state index is 12.3. The van der Waals surface area contributed by atoms with Gasteiger partial charge >= 0.3 is 0 Å². The number of amides is 1. The summed E-state index contributed by atoms with van der Waals surface area (Å²) >= 11 is 0. The highest BCUT2D eigenvalue weighted by molar-refractivity contribution is 5.92. The van der Waals surface area contributed by atoms with E-state index in [1.54, 1.807) is 17.8 Å². The van der Waals surface area contributed by atoms with Crippen LogP contribution in [0.5, 0.6) is 0 Å². The van der Waals surface area contributed by atoms with Gasteiger partial charge in [0.05, 0.1) is 5.69 Å². The maximum Gasteiger partial charge on any atom is 0.269 e. The fourth-order valence-electron chi connectivity index (χ4n) is 2.86. The summed E-state index contributed by atoms with van der Waals surface area (Å²) in [5.74, 6) is 0.0919. The molecule has 1 aromatic rings. The summed E-state index contributed by atoms with van der Waals surface area (Å²) in [5.41, 5.74) is 1.42. The molecule has 5 heteroatoms. The highest BCUT2D eigenvalue weighted by Crippen LogP contribution is 2.23. The van der Waals surface area contributed by atoms with Gasteiger partial charge in [-0.3, -0.25) is 9.48 Å². The van der Waals surface area contributed by atoms with Gasteiger partial charge in [0, 0.05) is 25.6 Å². The number of carbonyl (C=O) groups is 1. The lowest BCUT2D eigenvalue weighted by atomic mass is 9.95. The zero-order valence-corrected chi connectivity index (χ0v) is 11.7. The van der Waals surface area contributed by atoms with Crippen molar-refractivity contribution >= 4 is 5.91 Å². The Morgan fingerprint density at radius 2 is 2.21 bits per heavy atom. The molecule has 1 aliphatic rings. The normalized spacial score (nSPS) is 23.9. The number of nitrogens with zero attached hydrogens (tertiary/aromatic N) is 2. The molecule has 1 heterocycles. The van der Waals surface area contributed by atoms with Crippen molar-refractivity contribution in [3.8, 4) is 0 Å². The summed E-state index contributed by atoms with van der Waals surface area (Å²) in [6.07, 6.45) is 5.39. The minimum absolute atomic E-state index is 0.0789. The molecule has 2 rings (SSSR count). The first-order chi connectivity index (χ1) is 9.11. The van der Waals surface area contributed by atoms with Gasteiger partial charge in [0.25, 0.3) is 5.91 Å². The van der Waals surface area contributed by atoms with Crippen LogP contribution in [0.4, 0.5) is 0 Å². The standard InChI is InChI=1S/C14H23N3O2/c1-10-8-13(17(2)16-10)14(19)15-12-7-5-3-4-6-11(12)9-18/h8,11-12,18H,3-7,9H2,1-2H3,(H,15,19). The zero-order valence-electron chi connectivity index (χ0n) is 11.7. The van der Waals surface area contributed by atoms with Crippen molar-refractivity contribution in [2.24, 2.45) is 13.0 Å². The first kappa shape index (κ1) is 14.1. The molecule has 2 unspecified atom stereocenters. The minimum Gasteiger partial charge on any atom is -0.396 e. The third-order valence-corrected chi connectivity index (χ3v) is 3.94. The summed E-state index contributed by atoms with van der Waals surface area (Å²) in [6.45, 7) is 2.02. The first-order valence-electron chi connectivity index (χ1n) is 7.04. The van der Waals surface area contributed by atoms with Crippen molar-refractivity contribution in [2.45, 2.75) is 45.1 Å². The zero-order chi connectivity index (χ0) is 13.8. The summed E-state index contributed by atoms with van der Waals surface area (Å²) in [5, 5.41) is 16.7. The molecule has 2 N–H and O–H groups in total. The summed E-state index contributed by atoms with van der Waals surface area (Å²) in [6, 6.07) is 1.87. The van der Waals surface area contributed by atoms with E-state index >= 15 is 0 Å². The van der Waals surface area contributed by atoms with Crippen LogP contribution in [-0.4, -0.2) is 33.4 Å². The van der Waals surface area contributed by atoms with E-state index in [0.717, 1.165) is 31.4 Å². The maximum atomic E-state index is 12.3.